The lowest BCUT2D eigenvalue weighted by Gasteiger charge is -2.23. The van der Waals surface area contributed by atoms with Crippen LogP contribution in [0.25, 0.3) is 0 Å². The molecule has 0 bridgehead atoms. The summed E-state index contributed by atoms with van der Waals surface area (Å²) in [4.78, 5) is 11.1. The van der Waals surface area contributed by atoms with Gasteiger partial charge in [-0.2, -0.15) is 0 Å². The molecule has 0 aromatic rings. The number of carbonyl (C=O) groups is 1. The summed E-state index contributed by atoms with van der Waals surface area (Å²) < 4.78 is 10.2. The molecule has 0 amide bonds. The van der Waals surface area contributed by atoms with E-state index < -0.39 is 0 Å². The fourth-order valence-electron chi connectivity index (χ4n) is 1.76. The zero-order chi connectivity index (χ0) is 11.1. The van der Waals surface area contributed by atoms with Crippen LogP contribution in [0.5, 0.6) is 0 Å². The fourth-order valence-corrected chi connectivity index (χ4v) is 1.76. The standard InChI is InChI=1S/C11H21NO3/c1-9(11(13)14-2)12-7-6-10-5-3-4-8-15-10/h9-10,12H,3-8H2,1-2H3. The molecule has 1 aliphatic heterocycles. The summed E-state index contributed by atoms with van der Waals surface area (Å²) in [7, 11) is 1.41. The Morgan fingerprint density at radius 3 is 3.00 bits per heavy atom. The van der Waals surface area contributed by atoms with E-state index in [2.05, 4.69) is 10.1 Å². The van der Waals surface area contributed by atoms with Crippen molar-refractivity contribution in [3.8, 4) is 0 Å². The number of rotatable bonds is 5. The van der Waals surface area contributed by atoms with E-state index in [1.807, 2.05) is 6.92 Å². The SMILES string of the molecule is COC(=O)C(C)NCCC1CCCCO1. The average Bonchev–Trinajstić information content (AvgIpc) is 2.29. The predicted molar refractivity (Wildman–Crippen MR) is 57.7 cm³/mol. The maximum absolute atomic E-state index is 11.1. The van der Waals surface area contributed by atoms with Gasteiger partial charge in [0.25, 0.3) is 0 Å². The Morgan fingerprint density at radius 1 is 1.60 bits per heavy atom. The van der Waals surface area contributed by atoms with Gasteiger partial charge >= 0.3 is 5.97 Å². The van der Waals surface area contributed by atoms with Crippen molar-refractivity contribution in [1.82, 2.24) is 5.32 Å². The molecule has 1 fully saturated rings. The van der Waals surface area contributed by atoms with Gasteiger partial charge in [-0.05, 0) is 39.2 Å². The van der Waals surface area contributed by atoms with Crippen molar-refractivity contribution < 1.29 is 14.3 Å². The Balaban J connectivity index is 2.07. The highest BCUT2D eigenvalue weighted by atomic mass is 16.5. The predicted octanol–water partition coefficient (Wildman–Crippen LogP) is 1.10. The molecular weight excluding hydrogens is 194 g/mol. The number of esters is 1. The van der Waals surface area contributed by atoms with E-state index in [0.29, 0.717) is 6.10 Å². The fraction of sp³-hybridized carbons (Fsp3) is 0.909. The lowest BCUT2D eigenvalue weighted by atomic mass is 10.1. The topological polar surface area (TPSA) is 47.6 Å². The highest BCUT2D eigenvalue weighted by Crippen LogP contribution is 2.14. The zero-order valence-corrected chi connectivity index (χ0v) is 9.62. The number of hydrogen-bond acceptors (Lipinski definition) is 4. The smallest absolute Gasteiger partial charge is 0.322 e. The summed E-state index contributed by atoms with van der Waals surface area (Å²) in [6.45, 7) is 3.51. The summed E-state index contributed by atoms with van der Waals surface area (Å²) in [5.41, 5.74) is 0. The van der Waals surface area contributed by atoms with Crippen LogP contribution in [0.1, 0.15) is 32.6 Å². The van der Waals surface area contributed by atoms with E-state index >= 15 is 0 Å². The summed E-state index contributed by atoms with van der Waals surface area (Å²) in [5, 5.41) is 3.13. The molecule has 1 rings (SSSR count). The van der Waals surface area contributed by atoms with Crippen LogP contribution in [0, 0.1) is 0 Å². The Bertz CT molecular complexity index is 190. The quantitative estimate of drug-likeness (QED) is 0.698. The van der Waals surface area contributed by atoms with Crippen molar-refractivity contribution in [3.05, 3.63) is 0 Å². The second-order valence-corrected chi connectivity index (χ2v) is 3.98. The normalized spacial score (nSPS) is 23.5. The molecular formula is C11H21NO3. The average molecular weight is 215 g/mol. The molecule has 1 heterocycles. The van der Waals surface area contributed by atoms with Gasteiger partial charge in [-0.25, -0.2) is 0 Å². The van der Waals surface area contributed by atoms with Crippen molar-refractivity contribution in [2.24, 2.45) is 0 Å². The number of carbonyl (C=O) groups excluding carboxylic acids is 1. The zero-order valence-electron chi connectivity index (χ0n) is 9.62. The number of hydrogen-bond donors (Lipinski definition) is 1. The van der Waals surface area contributed by atoms with Gasteiger partial charge < -0.3 is 14.8 Å². The largest absolute Gasteiger partial charge is 0.468 e. The van der Waals surface area contributed by atoms with E-state index in [4.69, 9.17) is 4.74 Å². The lowest BCUT2D eigenvalue weighted by molar-refractivity contribution is -0.142. The molecule has 0 aromatic heterocycles. The van der Waals surface area contributed by atoms with Crippen molar-refractivity contribution in [2.75, 3.05) is 20.3 Å². The van der Waals surface area contributed by atoms with E-state index in [0.717, 1.165) is 26.0 Å². The highest BCUT2D eigenvalue weighted by Gasteiger charge is 2.15. The molecule has 2 unspecified atom stereocenters. The van der Waals surface area contributed by atoms with Gasteiger partial charge in [0, 0.05) is 6.61 Å². The van der Waals surface area contributed by atoms with Gasteiger partial charge in [0.05, 0.1) is 13.2 Å². The molecule has 4 heteroatoms. The van der Waals surface area contributed by atoms with Crippen molar-refractivity contribution in [3.63, 3.8) is 0 Å². The van der Waals surface area contributed by atoms with Gasteiger partial charge in [0.2, 0.25) is 0 Å². The van der Waals surface area contributed by atoms with Crippen molar-refractivity contribution in [2.45, 2.75) is 44.8 Å². The van der Waals surface area contributed by atoms with Crippen molar-refractivity contribution in [1.29, 1.82) is 0 Å². The second kappa shape index (κ2) is 6.80. The second-order valence-electron chi connectivity index (χ2n) is 3.98. The number of methoxy groups -OCH3 is 1. The van der Waals surface area contributed by atoms with Crippen LogP contribution >= 0.6 is 0 Å². The van der Waals surface area contributed by atoms with Gasteiger partial charge in [-0.1, -0.05) is 0 Å². The van der Waals surface area contributed by atoms with Crippen LogP contribution in [0.15, 0.2) is 0 Å². The Labute approximate surface area is 91.3 Å². The first kappa shape index (κ1) is 12.5. The summed E-state index contributed by atoms with van der Waals surface area (Å²) in [6.07, 6.45) is 4.94. The first-order chi connectivity index (χ1) is 7.24. The first-order valence-corrected chi connectivity index (χ1v) is 5.67. The molecule has 0 radical (unpaired) electrons. The molecule has 1 aliphatic rings. The van der Waals surface area contributed by atoms with E-state index in [9.17, 15) is 4.79 Å². The molecule has 0 aromatic carbocycles. The van der Waals surface area contributed by atoms with Crippen LogP contribution in [-0.4, -0.2) is 38.4 Å². The van der Waals surface area contributed by atoms with Crippen molar-refractivity contribution >= 4 is 5.97 Å². The van der Waals surface area contributed by atoms with E-state index in [-0.39, 0.29) is 12.0 Å². The molecule has 15 heavy (non-hydrogen) atoms. The summed E-state index contributed by atoms with van der Waals surface area (Å²) in [6, 6.07) is -0.224. The van der Waals surface area contributed by atoms with E-state index in [1.165, 1.54) is 20.0 Å². The Hall–Kier alpha value is -0.610. The summed E-state index contributed by atoms with van der Waals surface area (Å²) in [5.74, 6) is -0.209. The molecule has 88 valence electrons. The third-order valence-electron chi connectivity index (χ3n) is 2.75. The number of ether oxygens (including phenoxy) is 2. The Kier molecular flexibility index (Phi) is 5.65. The third-order valence-corrected chi connectivity index (χ3v) is 2.75. The van der Waals surface area contributed by atoms with E-state index in [1.54, 1.807) is 0 Å². The molecule has 0 saturated carbocycles. The minimum absolute atomic E-state index is 0.209. The van der Waals surface area contributed by atoms with Gasteiger partial charge in [0.1, 0.15) is 6.04 Å². The van der Waals surface area contributed by atoms with Crippen LogP contribution in [0.2, 0.25) is 0 Å². The van der Waals surface area contributed by atoms with Gasteiger partial charge in [-0.15, -0.1) is 0 Å². The van der Waals surface area contributed by atoms with Crippen LogP contribution in [0.3, 0.4) is 0 Å². The molecule has 4 nitrogen and oxygen atoms in total. The molecule has 2 atom stereocenters. The minimum atomic E-state index is -0.224. The summed E-state index contributed by atoms with van der Waals surface area (Å²) >= 11 is 0. The van der Waals surface area contributed by atoms with Crippen LogP contribution < -0.4 is 5.32 Å². The van der Waals surface area contributed by atoms with Gasteiger partial charge in [0.15, 0.2) is 0 Å². The third kappa shape index (κ3) is 4.62. The monoisotopic (exact) mass is 215 g/mol. The van der Waals surface area contributed by atoms with Crippen LogP contribution in [0.4, 0.5) is 0 Å². The first-order valence-electron chi connectivity index (χ1n) is 5.67. The number of nitrogens with one attached hydrogen (secondary N) is 1. The Morgan fingerprint density at radius 2 is 2.40 bits per heavy atom. The highest BCUT2D eigenvalue weighted by molar-refractivity contribution is 5.74. The lowest BCUT2D eigenvalue weighted by Crippen LogP contribution is -2.37. The van der Waals surface area contributed by atoms with Crippen LogP contribution in [-0.2, 0) is 14.3 Å². The molecule has 0 aliphatic carbocycles. The molecule has 1 N–H and O–H groups in total. The molecule has 1 saturated heterocycles. The maximum Gasteiger partial charge on any atom is 0.322 e. The van der Waals surface area contributed by atoms with Gasteiger partial charge in [-0.3, -0.25) is 4.79 Å². The molecule has 0 spiro atoms. The minimum Gasteiger partial charge on any atom is -0.468 e. The maximum atomic E-state index is 11.1.